The molecule has 1 atom stereocenters. The summed E-state index contributed by atoms with van der Waals surface area (Å²) in [5, 5.41) is 6.99. The van der Waals surface area contributed by atoms with Gasteiger partial charge in [0, 0.05) is 24.2 Å². The molecular formula is C16H20N2OS. The lowest BCUT2D eigenvalue weighted by Gasteiger charge is -2.17. The second kappa shape index (κ2) is 6.04. The molecule has 0 bridgehead atoms. The van der Waals surface area contributed by atoms with Gasteiger partial charge in [0.25, 0.3) is 0 Å². The molecule has 0 spiro atoms. The lowest BCUT2D eigenvalue weighted by Crippen LogP contribution is -2.24. The molecule has 20 heavy (non-hydrogen) atoms. The van der Waals surface area contributed by atoms with Gasteiger partial charge in [-0.3, -0.25) is 0 Å². The van der Waals surface area contributed by atoms with Crippen molar-refractivity contribution in [2.45, 2.75) is 38.5 Å². The van der Waals surface area contributed by atoms with Gasteiger partial charge in [0.1, 0.15) is 5.01 Å². The number of methoxy groups -OCH3 is 1. The van der Waals surface area contributed by atoms with Crippen molar-refractivity contribution in [1.82, 2.24) is 10.3 Å². The number of benzene rings is 1. The van der Waals surface area contributed by atoms with Gasteiger partial charge in [-0.15, -0.1) is 11.3 Å². The Morgan fingerprint density at radius 2 is 2.10 bits per heavy atom. The van der Waals surface area contributed by atoms with Crippen molar-refractivity contribution in [3.8, 4) is 0 Å². The van der Waals surface area contributed by atoms with Crippen LogP contribution in [0.2, 0.25) is 0 Å². The molecule has 1 N–H and O–H groups in total. The van der Waals surface area contributed by atoms with Crippen LogP contribution in [0.4, 0.5) is 0 Å². The molecule has 1 fully saturated rings. The van der Waals surface area contributed by atoms with Crippen molar-refractivity contribution in [3.05, 3.63) is 51.5 Å². The van der Waals surface area contributed by atoms with Crippen LogP contribution in [0.25, 0.3) is 0 Å². The van der Waals surface area contributed by atoms with Crippen molar-refractivity contribution in [3.63, 3.8) is 0 Å². The third kappa shape index (κ3) is 3.26. The highest BCUT2D eigenvalue weighted by Gasteiger charge is 2.27. The van der Waals surface area contributed by atoms with Crippen LogP contribution in [0.15, 0.2) is 29.6 Å². The Kier molecular flexibility index (Phi) is 4.15. The third-order valence-corrected chi connectivity index (χ3v) is 4.51. The molecule has 1 aliphatic carbocycles. The van der Waals surface area contributed by atoms with Gasteiger partial charge >= 0.3 is 0 Å². The predicted molar refractivity (Wildman–Crippen MR) is 82.0 cm³/mol. The zero-order chi connectivity index (χ0) is 13.9. The van der Waals surface area contributed by atoms with Gasteiger partial charge in [0.05, 0.1) is 12.6 Å². The van der Waals surface area contributed by atoms with Gasteiger partial charge in [-0.25, -0.2) is 4.98 Å². The molecule has 3 nitrogen and oxygen atoms in total. The normalized spacial score (nSPS) is 16.3. The summed E-state index contributed by atoms with van der Waals surface area (Å²) in [5.74, 6) is 0. The van der Waals surface area contributed by atoms with Crippen LogP contribution in [-0.2, 0) is 11.3 Å². The van der Waals surface area contributed by atoms with E-state index in [0.717, 1.165) is 10.7 Å². The minimum absolute atomic E-state index is 0.220. The first-order chi connectivity index (χ1) is 9.76. The number of thiazole rings is 1. The summed E-state index contributed by atoms with van der Waals surface area (Å²) >= 11 is 1.74. The van der Waals surface area contributed by atoms with Crippen LogP contribution in [0.5, 0.6) is 0 Å². The van der Waals surface area contributed by atoms with E-state index in [4.69, 9.17) is 4.74 Å². The largest absolute Gasteiger partial charge is 0.380 e. The molecule has 2 aromatic rings. The Hall–Kier alpha value is -1.23. The molecule has 4 heteroatoms. The smallest absolute Gasteiger partial charge is 0.114 e. The number of ether oxygens (including phenoxy) is 1. The minimum atomic E-state index is 0.220. The van der Waals surface area contributed by atoms with Crippen molar-refractivity contribution in [2.24, 2.45) is 0 Å². The van der Waals surface area contributed by atoms with E-state index in [9.17, 15) is 0 Å². The van der Waals surface area contributed by atoms with Crippen molar-refractivity contribution < 1.29 is 4.74 Å². The van der Waals surface area contributed by atoms with E-state index in [1.54, 1.807) is 18.4 Å². The summed E-state index contributed by atoms with van der Waals surface area (Å²) < 4.78 is 5.16. The molecule has 1 saturated carbocycles. The Morgan fingerprint density at radius 1 is 1.35 bits per heavy atom. The zero-order valence-corrected chi connectivity index (χ0v) is 12.7. The first-order valence-corrected chi connectivity index (χ1v) is 7.90. The Balaban J connectivity index is 1.84. The van der Waals surface area contributed by atoms with E-state index in [1.165, 1.54) is 24.0 Å². The van der Waals surface area contributed by atoms with Gasteiger partial charge in [-0.05, 0) is 30.9 Å². The van der Waals surface area contributed by atoms with Crippen LogP contribution in [0, 0.1) is 6.92 Å². The summed E-state index contributed by atoms with van der Waals surface area (Å²) in [5.41, 5.74) is 3.59. The molecule has 1 unspecified atom stereocenters. The van der Waals surface area contributed by atoms with E-state index in [-0.39, 0.29) is 6.04 Å². The average molecular weight is 288 g/mol. The average Bonchev–Trinajstić information content (AvgIpc) is 3.18. The van der Waals surface area contributed by atoms with Gasteiger partial charge in [-0.1, -0.05) is 24.3 Å². The van der Waals surface area contributed by atoms with Crippen LogP contribution in [-0.4, -0.2) is 18.1 Å². The zero-order valence-electron chi connectivity index (χ0n) is 11.9. The topological polar surface area (TPSA) is 34.1 Å². The highest BCUT2D eigenvalue weighted by Crippen LogP contribution is 2.30. The van der Waals surface area contributed by atoms with E-state index in [1.807, 2.05) is 0 Å². The number of nitrogens with one attached hydrogen (secondary N) is 1. The van der Waals surface area contributed by atoms with Gasteiger partial charge in [0.15, 0.2) is 0 Å². The van der Waals surface area contributed by atoms with Crippen LogP contribution >= 0.6 is 11.3 Å². The fourth-order valence-electron chi connectivity index (χ4n) is 2.27. The minimum Gasteiger partial charge on any atom is -0.380 e. The Morgan fingerprint density at radius 3 is 2.65 bits per heavy atom. The summed E-state index contributed by atoms with van der Waals surface area (Å²) in [6, 6.07) is 9.53. The first-order valence-electron chi connectivity index (χ1n) is 7.02. The first kappa shape index (κ1) is 13.7. The molecule has 3 rings (SSSR count). The number of aromatic nitrogens is 1. The van der Waals surface area contributed by atoms with Crippen molar-refractivity contribution >= 4 is 11.3 Å². The van der Waals surface area contributed by atoms with Gasteiger partial charge < -0.3 is 10.1 Å². The van der Waals surface area contributed by atoms with Crippen LogP contribution in [0.3, 0.4) is 0 Å². The molecule has 1 aromatic carbocycles. The molecule has 1 heterocycles. The van der Waals surface area contributed by atoms with Crippen LogP contribution < -0.4 is 5.32 Å². The monoisotopic (exact) mass is 288 g/mol. The van der Waals surface area contributed by atoms with E-state index >= 15 is 0 Å². The molecule has 1 aliphatic rings. The number of rotatable bonds is 6. The summed E-state index contributed by atoms with van der Waals surface area (Å²) in [7, 11) is 1.73. The van der Waals surface area contributed by atoms with Crippen molar-refractivity contribution in [2.75, 3.05) is 7.11 Å². The quantitative estimate of drug-likeness (QED) is 0.884. The van der Waals surface area contributed by atoms with Gasteiger partial charge in [-0.2, -0.15) is 0 Å². The number of aryl methyl sites for hydroxylation is 1. The molecule has 106 valence electrons. The van der Waals surface area contributed by atoms with Crippen molar-refractivity contribution in [1.29, 1.82) is 0 Å². The maximum atomic E-state index is 5.16. The van der Waals surface area contributed by atoms with E-state index in [2.05, 4.69) is 46.9 Å². The Bertz CT molecular complexity index is 560. The summed E-state index contributed by atoms with van der Waals surface area (Å²) in [6.07, 6.45) is 2.56. The maximum Gasteiger partial charge on any atom is 0.114 e. The van der Waals surface area contributed by atoms with E-state index in [0.29, 0.717) is 12.6 Å². The molecule has 0 amide bonds. The molecule has 0 aliphatic heterocycles. The fraction of sp³-hybridized carbons (Fsp3) is 0.438. The Labute approximate surface area is 124 Å². The molecule has 0 saturated heterocycles. The molecular weight excluding hydrogens is 268 g/mol. The number of hydrogen-bond donors (Lipinski definition) is 1. The highest BCUT2D eigenvalue weighted by molar-refractivity contribution is 7.09. The SMILES string of the molecule is COCc1ccc(C(NC2CC2)c2nc(C)cs2)cc1. The van der Waals surface area contributed by atoms with Gasteiger partial charge in [0.2, 0.25) is 0 Å². The highest BCUT2D eigenvalue weighted by atomic mass is 32.1. The summed E-state index contributed by atoms with van der Waals surface area (Å²) in [6.45, 7) is 2.72. The third-order valence-electron chi connectivity index (χ3n) is 3.49. The number of nitrogens with zero attached hydrogens (tertiary/aromatic N) is 1. The van der Waals surface area contributed by atoms with Crippen LogP contribution in [0.1, 0.15) is 40.7 Å². The second-order valence-electron chi connectivity index (χ2n) is 5.38. The number of hydrogen-bond acceptors (Lipinski definition) is 4. The maximum absolute atomic E-state index is 5.16. The lowest BCUT2D eigenvalue weighted by atomic mass is 10.1. The fourth-order valence-corrected chi connectivity index (χ4v) is 3.15. The van der Waals surface area contributed by atoms with E-state index < -0.39 is 0 Å². The second-order valence-corrected chi connectivity index (χ2v) is 6.27. The lowest BCUT2D eigenvalue weighted by molar-refractivity contribution is 0.185. The molecule has 1 aromatic heterocycles. The predicted octanol–water partition coefficient (Wildman–Crippen LogP) is 3.44. The standard InChI is InChI=1S/C16H20N2OS/c1-11-10-20-16(17-11)15(18-14-7-8-14)13-5-3-12(4-6-13)9-19-2/h3-6,10,14-15,18H,7-9H2,1-2H3. The summed E-state index contributed by atoms with van der Waals surface area (Å²) in [4.78, 5) is 4.66. The molecule has 0 radical (unpaired) electrons.